The van der Waals surface area contributed by atoms with Crippen molar-refractivity contribution in [1.82, 2.24) is 10.5 Å². The zero-order chi connectivity index (χ0) is 24.2. The highest BCUT2D eigenvalue weighted by molar-refractivity contribution is 6.06. The molecular weight excluding hydrogens is 422 g/mol. The van der Waals surface area contributed by atoms with E-state index in [1.807, 2.05) is 20.8 Å². The number of anilines is 1. The summed E-state index contributed by atoms with van der Waals surface area (Å²) in [7, 11) is 2.29. The number of rotatable bonds is 6. The van der Waals surface area contributed by atoms with Crippen LogP contribution in [-0.4, -0.2) is 49.8 Å². The van der Waals surface area contributed by atoms with Crippen LogP contribution in [0.3, 0.4) is 0 Å². The molecule has 0 fully saturated rings. The normalized spacial score (nSPS) is 14.6. The van der Waals surface area contributed by atoms with Gasteiger partial charge in [0.05, 0.1) is 31.1 Å². The molecule has 0 aromatic carbocycles. The number of carbonyl (C=O) groups excluding carboxylic acids is 4. The van der Waals surface area contributed by atoms with Crippen molar-refractivity contribution in [2.75, 3.05) is 26.1 Å². The van der Waals surface area contributed by atoms with E-state index in [4.69, 9.17) is 18.7 Å². The van der Waals surface area contributed by atoms with Crippen molar-refractivity contribution >= 4 is 29.7 Å². The molecule has 174 valence electrons. The monoisotopic (exact) mass is 449 g/mol. The zero-order valence-corrected chi connectivity index (χ0v) is 19.1. The van der Waals surface area contributed by atoms with Crippen LogP contribution in [0, 0.1) is 5.92 Å². The summed E-state index contributed by atoms with van der Waals surface area (Å²) in [4.78, 5) is 49.8. The van der Waals surface area contributed by atoms with Crippen molar-refractivity contribution in [3.05, 3.63) is 34.3 Å². The Hall–Kier alpha value is -3.63. The second-order valence-electron chi connectivity index (χ2n) is 8.10. The van der Waals surface area contributed by atoms with Gasteiger partial charge < -0.3 is 24.1 Å². The third-order valence-electron chi connectivity index (χ3n) is 4.69. The van der Waals surface area contributed by atoms with Crippen molar-refractivity contribution in [1.29, 1.82) is 0 Å². The van der Waals surface area contributed by atoms with Gasteiger partial charge in [-0.2, -0.15) is 0 Å². The lowest BCUT2D eigenvalue weighted by atomic mass is 9.85. The van der Waals surface area contributed by atoms with Crippen LogP contribution in [0.15, 0.2) is 33.1 Å². The van der Waals surface area contributed by atoms with E-state index in [2.05, 4.69) is 15.8 Å². The number of hydrogen-bond donors (Lipinski definition) is 2. The van der Waals surface area contributed by atoms with Gasteiger partial charge in [-0.15, -0.1) is 0 Å². The molecule has 2 N–H and O–H groups in total. The lowest BCUT2D eigenvalue weighted by Gasteiger charge is -2.28. The zero-order valence-electron chi connectivity index (χ0n) is 19.1. The van der Waals surface area contributed by atoms with Crippen molar-refractivity contribution in [2.24, 2.45) is 5.92 Å². The second kappa shape index (κ2) is 9.67. The fraction of sp³-hybridized carbons (Fsp3) is 0.476. The number of ether oxygens (including phenoxy) is 3. The van der Waals surface area contributed by atoms with Gasteiger partial charge in [0.15, 0.2) is 6.61 Å². The van der Waals surface area contributed by atoms with Crippen LogP contribution in [0.25, 0.3) is 0 Å². The van der Waals surface area contributed by atoms with Crippen molar-refractivity contribution in [2.45, 2.75) is 40.0 Å². The van der Waals surface area contributed by atoms with E-state index in [0.29, 0.717) is 17.1 Å². The van der Waals surface area contributed by atoms with E-state index >= 15 is 0 Å². The first kappa shape index (κ1) is 24.6. The Morgan fingerprint density at radius 3 is 2.03 bits per heavy atom. The van der Waals surface area contributed by atoms with Gasteiger partial charge in [-0.25, -0.2) is 9.59 Å². The fourth-order valence-electron chi connectivity index (χ4n) is 3.07. The van der Waals surface area contributed by atoms with Crippen LogP contribution < -0.4 is 10.6 Å². The summed E-state index contributed by atoms with van der Waals surface area (Å²) in [5.74, 6) is -4.67. The number of nitrogens with zero attached hydrogens (tertiary/aromatic N) is 1. The fourth-order valence-corrected chi connectivity index (χ4v) is 3.07. The molecule has 0 aliphatic carbocycles. The van der Waals surface area contributed by atoms with E-state index < -0.39 is 36.3 Å². The van der Waals surface area contributed by atoms with Gasteiger partial charge in [0.25, 0.3) is 5.91 Å². The minimum Gasteiger partial charge on any atom is -0.466 e. The number of esters is 3. The van der Waals surface area contributed by atoms with Crippen molar-refractivity contribution in [3.8, 4) is 0 Å². The molecule has 1 aliphatic rings. The first-order valence-corrected chi connectivity index (χ1v) is 9.69. The molecule has 0 spiro atoms. The Morgan fingerprint density at radius 1 is 1.06 bits per heavy atom. The minimum atomic E-state index is -1.43. The Labute approximate surface area is 185 Å². The average molecular weight is 449 g/mol. The third kappa shape index (κ3) is 5.34. The summed E-state index contributed by atoms with van der Waals surface area (Å²) in [6, 6.07) is 1.56. The van der Waals surface area contributed by atoms with Crippen LogP contribution in [0.2, 0.25) is 0 Å². The standard InChI is InChI=1S/C21H27N3O8/c1-10-15(18(26)29-6)17(16(11(2)22-10)19(27)30-7)20(28)31-9-13(25)23-14-8-12(24-32-14)21(3,4)5/h8,17,22H,9H2,1-7H3,(H,23,25). The van der Waals surface area contributed by atoms with Crippen LogP contribution in [0.1, 0.15) is 40.3 Å². The second-order valence-corrected chi connectivity index (χ2v) is 8.10. The Balaban J connectivity index is 2.19. The number of methoxy groups -OCH3 is 2. The van der Waals surface area contributed by atoms with Crippen LogP contribution in [-0.2, 0) is 38.8 Å². The maximum absolute atomic E-state index is 12.9. The van der Waals surface area contributed by atoms with Gasteiger partial charge in [-0.3, -0.25) is 14.9 Å². The smallest absolute Gasteiger partial charge is 0.336 e. The molecule has 0 atom stereocenters. The molecular formula is C21H27N3O8. The van der Waals surface area contributed by atoms with Crippen LogP contribution in [0.4, 0.5) is 5.88 Å². The SMILES string of the molecule is COC(=O)C1=C(C)NC(C)=C(C(=O)OC)C1C(=O)OCC(=O)Nc1cc(C(C)(C)C)no1. The number of nitrogens with one attached hydrogen (secondary N) is 2. The largest absolute Gasteiger partial charge is 0.466 e. The number of amides is 1. The van der Waals surface area contributed by atoms with Gasteiger partial charge in [0.2, 0.25) is 5.88 Å². The van der Waals surface area contributed by atoms with E-state index in [-0.39, 0.29) is 22.4 Å². The molecule has 11 heteroatoms. The summed E-state index contributed by atoms with van der Waals surface area (Å²) in [5.41, 5.74) is 0.736. The predicted octanol–water partition coefficient (Wildman–Crippen LogP) is 1.57. The molecule has 1 aliphatic heterocycles. The van der Waals surface area contributed by atoms with Gasteiger partial charge in [-0.05, 0) is 13.8 Å². The first-order valence-electron chi connectivity index (χ1n) is 9.69. The molecule has 0 saturated carbocycles. The highest BCUT2D eigenvalue weighted by Crippen LogP contribution is 2.32. The molecule has 0 saturated heterocycles. The molecule has 0 unspecified atom stereocenters. The quantitative estimate of drug-likeness (QED) is 0.484. The van der Waals surface area contributed by atoms with Crippen LogP contribution in [0.5, 0.6) is 0 Å². The van der Waals surface area contributed by atoms with E-state index in [1.165, 1.54) is 0 Å². The van der Waals surface area contributed by atoms with Gasteiger partial charge in [-0.1, -0.05) is 25.9 Å². The third-order valence-corrected chi connectivity index (χ3v) is 4.69. The lowest BCUT2D eigenvalue weighted by Crippen LogP contribution is -2.38. The number of allylic oxidation sites excluding steroid dienone is 2. The molecule has 1 aromatic heterocycles. The van der Waals surface area contributed by atoms with E-state index in [9.17, 15) is 19.2 Å². The predicted molar refractivity (Wildman–Crippen MR) is 111 cm³/mol. The maximum Gasteiger partial charge on any atom is 0.336 e. The molecule has 0 radical (unpaired) electrons. The van der Waals surface area contributed by atoms with E-state index in [0.717, 1.165) is 14.2 Å². The maximum atomic E-state index is 12.9. The first-order chi connectivity index (χ1) is 14.9. The molecule has 0 bridgehead atoms. The topological polar surface area (TPSA) is 146 Å². The molecule has 1 aromatic rings. The highest BCUT2D eigenvalue weighted by atomic mass is 16.5. The Bertz CT molecular complexity index is 959. The summed E-state index contributed by atoms with van der Waals surface area (Å²) in [5, 5.41) is 9.18. The highest BCUT2D eigenvalue weighted by Gasteiger charge is 2.42. The Morgan fingerprint density at radius 2 is 1.59 bits per heavy atom. The van der Waals surface area contributed by atoms with Gasteiger partial charge in [0, 0.05) is 22.9 Å². The molecule has 11 nitrogen and oxygen atoms in total. The molecule has 32 heavy (non-hydrogen) atoms. The summed E-state index contributed by atoms with van der Waals surface area (Å²) < 4.78 is 19.7. The molecule has 1 amide bonds. The number of aromatic nitrogens is 1. The summed E-state index contributed by atoms with van der Waals surface area (Å²) >= 11 is 0. The lowest BCUT2D eigenvalue weighted by molar-refractivity contribution is -0.152. The van der Waals surface area contributed by atoms with Crippen molar-refractivity contribution in [3.63, 3.8) is 0 Å². The number of hydrogen-bond acceptors (Lipinski definition) is 10. The number of carbonyl (C=O) groups is 4. The van der Waals surface area contributed by atoms with Gasteiger partial charge >= 0.3 is 17.9 Å². The molecule has 2 rings (SSSR count). The Kier molecular flexibility index (Phi) is 7.44. The van der Waals surface area contributed by atoms with Crippen LogP contribution >= 0.6 is 0 Å². The van der Waals surface area contributed by atoms with E-state index in [1.54, 1.807) is 19.9 Å². The molecule has 2 heterocycles. The average Bonchev–Trinajstić information content (AvgIpc) is 3.19. The minimum absolute atomic E-state index is 0.0924. The van der Waals surface area contributed by atoms with Crippen molar-refractivity contribution < 1.29 is 37.9 Å². The van der Waals surface area contributed by atoms with Gasteiger partial charge in [0.1, 0.15) is 5.92 Å². The number of dihydropyridines is 1. The summed E-state index contributed by atoms with van der Waals surface area (Å²) in [6.07, 6.45) is 0. The summed E-state index contributed by atoms with van der Waals surface area (Å²) in [6.45, 7) is 8.20.